The van der Waals surface area contributed by atoms with Gasteiger partial charge in [-0.25, -0.2) is 9.59 Å². The first kappa shape index (κ1) is 28.5. The van der Waals surface area contributed by atoms with E-state index in [-0.39, 0.29) is 19.6 Å². The van der Waals surface area contributed by atoms with E-state index >= 15 is 0 Å². The van der Waals surface area contributed by atoms with Crippen molar-refractivity contribution in [2.45, 2.75) is 64.8 Å². The number of nitrogens with zero attached hydrogens (tertiary/aromatic N) is 1. The van der Waals surface area contributed by atoms with Gasteiger partial charge in [-0.15, -0.1) is 0 Å². The molecule has 38 heavy (non-hydrogen) atoms. The second-order valence-corrected chi connectivity index (χ2v) is 10.2. The monoisotopic (exact) mass is 519 g/mol. The van der Waals surface area contributed by atoms with Crippen LogP contribution in [0.1, 0.15) is 57.7 Å². The number of primary amides is 1. The fourth-order valence-corrected chi connectivity index (χ4v) is 4.31. The molecule has 0 spiro atoms. The van der Waals surface area contributed by atoms with Gasteiger partial charge in [-0.3, -0.25) is 9.69 Å². The zero-order valence-corrected chi connectivity index (χ0v) is 22.5. The van der Waals surface area contributed by atoms with Crippen molar-refractivity contribution >= 4 is 28.9 Å². The number of alkyl carbamates (subject to hydrolysis) is 1. The number of carbonyl (C=O) groups excluding carboxylic acids is 3. The summed E-state index contributed by atoms with van der Waals surface area (Å²) in [7, 11) is 0. The van der Waals surface area contributed by atoms with E-state index < -0.39 is 35.8 Å². The van der Waals surface area contributed by atoms with E-state index in [4.69, 9.17) is 15.2 Å². The predicted octanol–water partition coefficient (Wildman–Crippen LogP) is 5.70. The van der Waals surface area contributed by atoms with Gasteiger partial charge in [0.05, 0.1) is 6.04 Å². The number of hydrogen-bond acceptors (Lipinski definition) is 5. The zero-order valence-electron chi connectivity index (χ0n) is 22.5. The zero-order chi connectivity index (χ0) is 27.7. The lowest BCUT2D eigenvalue weighted by molar-refractivity contribution is -0.124. The molecule has 0 saturated carbocycles. The third-order valence-corrected chi connectivity index (χ3v) is 6.10. The summed E-state index contributed by atoms with van der Waals surface area (Å²) < 4.78 is 10.9. The summed E-state index contributed by atoms with van der Waals surface area (Å²) in [6.45, 7) is 7.59. The Morgan fingerprint density at radius 3 is 2.29 bits per heavy atom. The number of fused-ring (bicyclic) bond motifs is 1. The summed E-state index contributed by atoms with van der Waals surface area (Å²) in [4.78, 5) is 39.6. The Morgan fingerprint density at radius 2 is 1.61 bits per heavy atom. The molecule has 0 aliphatic rings. The van der Waals surface area contributed by atoms with Crippen LogP contribution in [0.15, 0.2) is 72.8 Å². The maximum Gasteiger partial charge on any atom is 0.411 e. The first-order valence-corrected chi connectivity index (χ1v) is 12.8. The Kier molecular flexibility index (Phi) is 9.71. The smallest absolute Gasteiger partial charge is 0.411 e. The highest BCUT2D eigenvalue weighted by molar-refractivity contribution is 5.88. The van der Waals surface area contributed by atoms with Crippen LogP contribution in [0.4, 0.5) is 9.59 Å². The summed E-state index contributed by atoms with van der Waals surface area (Å²) in [6.07, 6.45) is -0.548. The molecule has 0 unspecified atom stereocenters. The van der Waals surface area contributed by atoms with E-state index in [0.29, 0.717) is 6.42 Å². The van der Waals surface area contributed by atoms with Crippen molar-refractivity contribution in [3.05, 3.63) is 83.9 Å². The third kappa shape index (κ3) is 7.96. The molecule has 2 atom stereocenters. The predicted molar refractivity (Wildman–Crippen MR) is 147 cm³/mol. The number of amides is 3. The normalized spacial score (nSPS) is 12.8. The molecule has 0 aromatic heterocycles. The standard InChI is InChI=1S/C30H37N3O5/c1-21(24-17-10-15-23-14-8-9-16-25(23)24)33(29(36)38-30(2,3)4)26(27(31)34)18-11-19-32-28(35)37-20-22-12-6-5-7-13-22/h5-10,12-17,21,26H,11,18-20H2,1-4H3,(H2,31,34)(H,32,35)/t21-,26-/m1/s1. The van der Waals surface area contributed by atoms with Gasteiger partial charge in [0.1, 0.15) is 18.2 Å². The first-order chi connectivity index (χ1) is 18.1. The van der Waals surface area contributed by atoms with E-state index in [9.17, 15) is 14.4 Å². The van der Waals surface area contributed by atoms with Crippen molar-refractivity contribution in [2.75, 3.05) is 6.54 Å². The molecule has 3 aromatic carbocycles. The summed E-state index contributed by atoms with van der Waals surface area (Å²) in [5, 5.41) is 4.69. The number of rotatable bonds is 10. The van der Waals surface area contributed by atoms with Gasteiger partial charge in [0.2, 0.25) is 5.91 Å². The number of ether oxygens (including phenoxy) is 2. The number of benzene rings is 3. The SMILES string of the molecule is C[C@H](c1cccc2ccccc12)N(C(=O)OC(C)(C)C)[C@H](CCCNC(=O)OCc1ccccc1)C(N)=O. The van der Waals surface area contributed by atoms with Crippen LogP contribution < -0.4 is 11.1 Å². The molecular weight excluding hydrogens is 482 g/mol. The molecule has 8 heteroatoms. The molecule has 0 fully saturated rings. The molecule has 0 aliphatic heterocycles. The van der Waals surface area contributed by atoms with Crippen LogP contribution >= 0.6 is 0 Å². The molecule has 8 nitrogen and oxygen atoms in total. The second-order valence-electron chi connectivity index (χ2n) is 10.2. The maximum atomic E-state index is 13.4. The Labute approximate surface area is 224 Å². The first-order valence-electron chi connectivity index (χ1n) is 12.8. The molecule has 3 rings (SSSR count). The fourth-order valence-electron chi connectivity index (χ4n) is 4.31. The fraction of sp³-hybridized carbons (Fsp3) is 0.367. The molecule has 3 N–H and O–H groups in total. The summed E-state index contributed by atoms with van der Waals surface area (Å²) in [6, 6.07) is 21.6. The molecule has 3 amide bonds. The highest BCUT2D eigenvalue weighted by Gasteiger charge is 2.36. The van der Waals surface area contributed by atoms with Crippen molar-refractivity contribution in [1.29, 1.82) is 0 Å². The van der Waals surface area contributed by atoms with Gasteiger partial charge in [-0.2, -0.15) is 0 Å². The highest BCUT2D eigenvalue weighted by Crippen LogP contribution is 2.31. The van der Waals surface area contributed by atoms with E-state index in [1.165, 1.54) is 4.90 Å². The average Bonchev–Trinajstić information content (AvgIpc) is 2.88. The summed E-state index contributed by atoms with van der Waals surface area (Å²) in [5.74, 6) is -0.644. The molecule has 0 aliphatic carbocycles. The van der Waals surface area contributed by atoms with Crippen LogP contribution in [0.25, 0.3) is 10.8 Å². The van der Waals surface area contributed by atoms with Gasteiger partial charge in [0.15, 0.2) is 0 Å². The lowest BCUT2D eigenvalue weighted by Gasteiger charge is -2.37. The molecule has 0 saturated heterocycles. The topological polar surface area (TPSA) is 111 Å². The van der Waals surface area contributed by atoms with E-state index in [1.54, 1.807) is 20.8 Å². The van der Waals surface area contributed by atoms with Gasteiger partial charge in [-0.05, 0) is 62.4 Å². The Hall–Kier alpha value is -4.07. The molecular formula is C30H37N3O5. The Bertz CT molecular complexity index is 1230. The molecule has 202 valence electrons. The Morgan fingerprint density at radius 1 is 0.947 bits per heavy atom. The molecule has 3 aromatic rings. The minimum Gasteiger partial charge on any atom is -0.445 e. The number of nitrogens with two attached hydrogens (primary N) is 1. The van der Waals surface area contributed by atoms with Gasteiger partial charge in [0.25, 0.3) is 0 Å². The summed E-state index contributed by atoms with van der Waals surface area (Å²) >= 11 is 0. The quantitative estimate of drug-likeness (QED) is 0.334. The van der Waals surface area contributed by atoms with E-state index in [0.717, 1.165) is 21.9 Å². The highest BCUT2D eigenvalue weighted by atomic mass is 16.6. The summed E-state index contributed by atoms with van der Waals surface area (Å²) in [5.41, 5.74) is 6.82. The minimum atomic E-state index is -0.944. The lowest BCUT2D eigenvalue weighted by atomic mass is 9.97. The van der Waals surface area contributed by atoms with Crippen molar-refractivity contribution in [1.82, 2.24) is 10.2 Å². The van der Waals surface area contributed by atoms with Crippen molar-refractivity contribution in [2.24, 2.45) is 5.73 Å². The third-order valence-electron chi connectivity index (χ3n) is 6.10. The van der Waals surface area contributed by atoms with Crippen molar-refractivity contribution in [3.8, 4) is 0 Å². The second kappa shape index (κ2) is 12.9. The van der Waals surface area contributed by atoms with Crippen molar-refractivity contribution < 1.29 is 23.9 Å². The number of hydrogen-bond donors (Lipinski definition) is 2. The van der Waals surface area contributed by atoms with E-state index in [1.807, 2.05) is 79.7 Å². The maximum absolute atomic E-state index is 13.4. The Balaban J connectivity index is 1.73. The molecule has 0 bridgehead atoms. The van der Waals surface area contributed by atoms with Gasteiger partial charge in [-0.1, -0.05) is 72.8 Å². The van der Waals surface area contributed by atoms with Gasteiger partial charge < -0.3 is 20.5 Å². The van der Waals surface area contributed by atoms with Crippen LogP contribution in [0.5, 0.6) is 0 Å². The van der Waals surface area contributed by atoms with Crippen LogP contribution in [0.2, 0.25) is 0 Å². The number of carbonyl (C=O) groups is 3. The van der Waals surface area contributed by atoms with Gasteiger partial charge >= 0.3 is 12.2 Å². The van der Waals surface area contributed by atoms with Crippen LogP contribution in [-0.2, 0) is 20.9 Å². The largest absolute Gasteiger partial charge is 0.445 e. The van der Waals surface area contributed by atoms with Crippen LogP contribution in [0, 0.1) is 0 Å². The lowest BCUT2D eigenvalue weighted by Crippen LogP contribution is -2.50. The van der Waals surface area contributed by atoms with E-state index in [2.05, 4.69) is 5.32 Å². The van der Waals surface area contributed by atoms with Gasteiger partial charge in [0, 0.05) is 6.54 Å². The molecule has 0 radical (unpaired) electrons. The average molecular weight is 520 g/mol. The minimum absolute atomic E-state index is 0.158. The van der Waals surface area contributed by atoms with Crippen LogP contribution in [-0.4, -0.2) is 41.2 Å². The molecule has 0 heterocycles. The van der Waals surface area contributed by atoms with Crippen molar-refractivity contribution in [3.63, 3.8) is 0 Å². The van der Waals surface area contributed by atoms with Crippen LogP contribution in [0.3, 0.4) is 0 Å². The number of nitrogens with one attached hydrogen (secondary N) is 1.